The number of hydrogen-bond donors (Lipinski definition) is 1. The highest BCUT2D eigenvalue weighted by Gasteiger charge is 2.22. The summed E-state index contributed by atoms with van der Waals surface area (Å²) in [5.41, 5.74) is 2.69. The van der Waals surface area contributed by atoms with Crippen LogP contribution >= 0.6 is 22.9 Å². The molecule has 0 saturated heterocycles. The minimum atomic E-state index is 0.473. The van der Waals surface area contributed by atoms with E-state index in [1.165, 1.54) is 35.4 Å². The van der Waals surface area contributed by atoms with Gasteiger partial charge in [-0.15, -0.1) is 11.3 Å². The van der Waals surface area contributed by atoms with E-state index in [2.05, 4.69) is 22.5 Å². The molecule has 1 aliphatic rings. The molecule has 3 rings (SSSR count). The first-order chi connectivity index (χ1) is 9.24. The molecular weight excluding hydrogens is 278 g/mol. The Kier molecular flexibility index (Phi) is 3.91. The minimum absolute atomic E-state index is 0.473. The summed E-state index contributed by atoms with van der Waals surface area (Å²) in [6.45, 7) is 0.983. The average molecular weight is 296 g/mol. The fourth-order valence-electron chi connectivity index (χ4n) is 2.75. The monoisotopic (exact) mass is 295 g/mol. The molecule has 0 aromatic carbocycles. The van der Waals surface area contributed by atoms with Gasteiger partial charge in [-0.05, 0) is 37.0 Å². The van der Waals surface area contributed by atoms with Crippen LogP contribution in [0.3, 0.4) is 0 Å². The number of halogens is 1. The normalized spacial score (nSPS) is 18.5. The van der Waals surface area contributed by atoms with Gasteiger partial charge in [0.25, 0.3) is 0 Å². The number of nitrogens with zero attached hydrogens (tertiary/aromatic N) is 2. The number of nitrogens with one attached hydrogen (secondary N) is 1. The van der Waals surface area contributed by atoms with E-state index >= 15 is 0 Å². The summed E-state index contributed by atoms with van der Waals surface area (Å²) in [5, 5.41) is 7.86. The second-order valence-corrected chi connectivity index (χ2v) is 6.79. The molecule has 2 aromatic rings. The van der Waals surface area contributed by atoms with Crippen LogP contribution in [0.2, 0.25) is 4.34 Å². The first-order valence-corrected chi connectivity index (χ1v) is 7.92. The standard InChI is InChI=1S/C14H18ClN3S/c1-18-10(6-8-17-18)5-7-16-12-3-2-4-13-11(12)9-14(15)19-13/h6,8-9,12,16H,2-5,7H2,1H3. The molecule has 1 aliphatic carbocycles. The van der Waals surface area contributed by atoms with Gasteiger partial charge >= 0.3 is 0 Å². The van der Waals surface area contributed by atoms with Crippen molar-refractivity contribution in [2.45, 2.75) is 31.7 Å². The lowest BCUT2D eigenvalue weighted by atomic mass is 9.94. The summed E-state index contributed by atoms with van der Waals surface area (Å²) < 4.78 is 2.86. The second-order valence-electron chi connectivity index (χ2n) is 5.02. The Bertz CT molecular complexity index is 561. The Morgan fingerprint density at radius 1 is 1.58 bits per heavy atom. The van der Waals surface area contributed by atoms with Crippen LogP contribution < -0.4 is 5.32 Å². The smallest absolute Gasteiger partial charge is 0.0934 e. The summed E-state index contributed by atoms with van der Waals surface area (Å²) in [4.78, 5) is 1.47. The van der Waals surface area contributed by atoms with Gasteiger partial charge in [0.2, 0.25) is 0 Å². The fourth-order valence-corrected chi connectivity index (χ4v) is 4.14. The lowest BCUT2D eigenvalue weighted by Gasteiger charge is -2.23. The molecule has 1 atom stereocenters. The van der Waals surface area contributed by atoms with Gasteiger partial charge in [0.1, 0.15) is 0 Å². The maximum atomic E-state index is 6.13. The highest BCUT2D eigenvalue weighted by Crippen LogP contribution is 2.37. The Labute approximate surface area is 122 Å². The lowest BCUT2D eigenvalue weighted by Crippen LogP contribution is -2.26. The molecule has 3 nitrogen and oxygen atoms in total. The predicted molar refractivity (Wildman–Crippen MR) is 79.9 cm³/mol. The molecule has 0 saturated carbocycles. The molecule has 0 amide bonds. The summed E-state index contributed by atoms with van der Waals surface area (Å²) in [5.74, 6) is 0. The molecule has 0 fully saturated rings. The molecule has 1 N–H and O–H groups in total. The number of aryl methyl sites for hydroxylation is 2. The highest BCUT2D eigenvalue weighted by atomic mass is 35.5. The number of thiophene rings is 1. The molecule has 0 aliphatic heterocycles. The molecule has 0 radical (unpaired) electrons. The number of rotatable bonds is 4. The van der Waals surface area contributed by atoms with Crippen molar-refractivity contribution in [3.05, 3.63) is 38.8 Å². The third kappa shape index (κ3) is 2.86. The number of aromatic nitrogens is 2. The topological polar surface area (TPSA) is 29.9 Å². The SMILES string of the molecule is Cn1nccc1CCNC1CCCc2sc(Cl)cc21. The van der Waals surface area contributed by atoms with Gasteiger partial charge in [-0.2, -0.15) is 5.10 Å². The van der Waals surface area contributed by atoms with Crippen LogP contribution in [0.5, 0.6) is 0 Å². The van der Waals surface area contributed by atoms with E-state index in [1.807, 2.05) is 17.9 Å². The van der Waals surface area contributed by atoms with Gasteiger partial charge < -0.3 is 5.32 Å². The van der Waals surface area contributed by atoms with Crippen LogP contribution in [0.25, 0.3) is 0 Å². The second kappa shape index (κ2) is 5.65. The molecule has 2 aromatic heterocycles. The van der Waals surface area contributed by atoms with Crippen molar-refractivity contribution < 1.29 is 0 Å². The van der Waals surface area contributed by atoms with Gasteiger partial charge in [0, 0.05) is 42.8 Å². The van der Waals surface area contributed by atoms with Crippen LogP contribution in [0.4, 0.5) is 0 Å². The van der Waals surface area contributed by atoms with Gasteiger partial charge in [-0.3, -0.25) is 4.68 Å². The molecular formula is C14H18ClN3S. The van der Waals surface area contributed by atoms with Crippen LogP contribution in [0.1, 0.15) is 35.0 Å². The zero-order valence-electron chi connectivity index (χ0n) is 11.0. The van der Waals surface area contributed by atoms with Crippen molar-refractivity contribution in [1.82, 2.24) is 15.1 Å². The van der Waals surface area contributed by atoms with Crippen molar-refractivity contribution in [2.24, 2.45) is 7.05 Å². The predicted octanol–water partition coefficient (Wildman–Crippen LogP) is 3.34. The summed E-state index contributed by atoms with van der Waals surface area (Å²) >= 11 is 7.87. The highest BCUT2D eigenvalue weighted by molar-refractivity contribution is 7.16. The largest absolute Gasteiger partial charge is 0.310 e. The van der Waals surface area contributed by atoms with Gasteiger partial charge in [0.05, 0.1) is 4.34 Å². The molecule has 5 heteroatoms. The molecule has 19 heavy (non-hydrogen) atoms. The van der Waals surface area contributed by atoms with Crippen molar-refractivity contribution >= 4 is 22.9 Å². The molecule has 0 spiro atoms. The van der Waals surface area contributed by atoms with E-state index in [-0.39, 0.29) is 0 Å². The lowest BCUT2D eigenvalue weighted by molar-refractivity contribution is 0.463. The van der Waals surface area contributed by atoms with Gasteiger partial charge in [0.15, 0.2) is 0 Å². The summed E-state index contributed by atoms with van der Waals surface area (Å²) in [6, 6.07) is 4.69. The maximum Gasteiger partial charge on any atom is 0.0934 e. The first-order valence-electron chi connectivity index (χ1n) is 6.72. The Hall–Kier alpha value is -0.840. The van der Waals surface area contributed by atoms with E-state index in [0.29, 0.717) is 6.04 Å². The molecule has 102 valence electrons. The zero-order valence-corrected chi connectivity index (χ0v) is 12.6. The number of hydrogen-bond acceptors (Lipinski definition) is 3. The van der Waals surface area contributed by atoms with Crippen molar-refractivity contribution in [1.29, 1.82) is 0 Å². The van der Waals surface area contributed by atoms with Crippen LogP contribution in [-0.4, -0.2) is 16.3 Å². The Morgan fingerprint density at radius 2 is 2.47 bits per heavy atom. The summed E-state index contributed by atoms with van der Waals surface area (Å²) in [6.07, 6.45) is 6.53. The van der Waals surface area contributed by atoms with E-state index in [0.717, 1.165) is 17.3 Å². The number of fused-ring (bicyclic) bond motifs is 1. The average Bonchev–Trinajstić information content (AvgIpc) is 2.95. The zero-order chi connectivity index (χ0) is 13.2. The van der Waals surface area contributed by atoms with Crippen molar-refractivity contribution in [3.8, 4) is 0 Å². The third-order valence-electron chi connectivity index (χ3n) is 3.78. The van der Waals surface area contributed by atoms with Gasteiger partial charge in [-0.25, -0.2) is 0 Å². The quantitative estimate of drug-likeness (QED) is 0.937. The molecule has 1 unspecified atom stereocenters. The Morgan fingerprint density at radius 3 is 3.26 bits per heavy atom. The first kappa shape index (κ1) is 13.2. The Balaban J connectivity index is 1.60. The minimum Gasteiger partial charge on any atom is -0.310 e. The van der Waals surface area contributed by atoms with Crippen LogP contribution in [0, 0.1) is 0 Å². The maximum absolute atomic E-state index is 6.13. The third-order valence-corrected chi connectivity index (χ3v) is 5.12. The summed E-state index contributed by atoms with van der Waals surface area (Å²) in [7, 11) is 1.99. The fraction of sp³-hybridized carbons (Fsp3) is 0.500. The van der Waals surface area contributed by atoms with Crippen molar-refractivity contribution in [2.75, 3.05) is 6.54 Å². The van der Waals surface area contributed by atoms with Crippen LogP contribution in [0.15, 0.2) is 18.3 Å². The van der Waals surface area contributed by atoms with E-state index in [1.54, 1.807) is 11.3 Å². The van der Waals surface area contributed by atoms with Crippen molar-refractivity contribution in [3.63, 3.8) is 0 Å². The van der Waals surface area contributed by atoms with Crippen LogP contribution in [-0.2, 0) is 19.9 Å². The van der Waals surface area contributed by atoms with E-state index in [4.69, 9.17) is 11.6 Å². The van der Waals surface area contributed by atoms with Gasteiger partial charge in [-0.1, -0.05) is 11.6 Å². The molecule has 2 heterocycles. The molecule has 0 bridgehead atoms. The van der Waals surface area contributed by atoms with E-state index < -0.39 is 0 Å². The van der Waals surface area contributed by atoms with E-state index in [9.17, 15) is 0 Å².